The summed E-state index contributed by atoms with van der Waals surface area (Å²) in [5.41, 5.74) is 11.1. The first-order valence-corrected chi connectivity index (χ1v) is 13.1. The first kappa shape index (κ1) is 25.9. The zero-order valence-electron chi connectivity index (χ0n) is 22.0. The molecule has 38 heavy (non-hydrogen) atoms. The number of fused-ring (bicyclic) bond motifs is 1. The number of hydrogen-bond donors (Lipinski definition) is 1. The van der Waals surface area contributed by atoms with E-state index in [4.69, 9.17) is 15.2 Å². The average Bonchev–Trinajstić information content (AvgIpc) is 3.35. The Bertz CT molecular complexity index is 1420. The lowest BCUT2D eigenvalue weighted by molar-refractivity contribution is 0.0714. The lowest BCUT2D eigenvalue weighted by Gasteiger charge is -2.32. The van der Waals surface area contributed by atoms with E-state index in [2.05, 4.69) is 10.6 Å². The van der Waals surface area contributed by atoms with Crippen LogP contribution in [0.2, 0.25) is 0 Å². The van der Waals surface area contributed by atoms with Crippen molar-refractivity contribution >= 4 is 16.8 Å². The summed E-state index contributed by atoms with van der Waals surface area (Å²) >= 11 is 0. The first-order chi connectivity index (χ1) is 18.5. The minimum atomic E-state index is -0.197. The van der Waals surface area contributed by atoms with Crippen LogP contribution in [-0.4, -0.2) is 49.3 Å². The van der Waals surface area contributed by atoms with Crippen LogP contribution in [0.25, 0.3) is 22.0 Å². The Hall–Kier alpha value is -3.68. The van der Waals surface area contributed by atoms with Gasteiger partial charge < -0.3 is 24.7 Å². The second kappa shape index (κ2) is 11.4. The van der Waals surface area contributed by atoms with Crippen molar-refractivity contribution in [1.29, 1.82) is 0 Å². The fraction of sp³-hybridized carbons (Fsp3) is 0.323. The lowest BCUT2D eigenvalue weighted by Crippen LogP contribution is -2.38. The van der Waals surface area contributed by atoms with E-state index in [9.17, 15) is 9.18 Å². The number of nitrogens with two attached hydrogens (primary N) is 1. The standard InChI is InChI=1S/C31H34FN3O3/c1-37-17-16-35-20-27(30-25(4-3-5-29(30)35)22-7-9-24(38-2)10-8-22)31(36)34-14-12-23(13-15-34)26-18-21(19-33)6-11-28(26)32/h3-11,18,20,23H,12-17,19,33H2,1-2H3. The number of rotatable bonds is 8. The molecule has 0 aliphatic carbocycles. The number of methoxy groups -OCH3 is 2. The number of halogens is 1. The van der Waals surface area contributed by atoms with E-state index in [1.165, 1.54) is 6.07 Å². The van der Waals surface area contributed by atoms with Crippen molar-refractivity contribution in [2.75, 3.05) is 33.9 Å². The quantitative estimate of drug-likeness (QED) is 0.333. The highest BCUT2D eigenvalue weighted by Gasteiger charge is 2.29. The van der Waals surface area contributed by atoms with Gasteiger partial charge in [0.2, 0.25) is 0 Å². The smallest absolute Gasteiger partial charge is 0.256 e. The fourth-order valence-corrected chi connectivity index (χ4v) is 5.50. The number of likely N-dealkylation sites (tertiary alicyclic amines) is 1. The molecule has 2 N–H and O–H groups in total. The van der Waals surface area contributed by atoms with Gasteiger partial charge in [0, 0.05) is 50.4 Å². The number of ether oxygens (including phenoxy) is 2. The fourth-order valence-electron chi connectivity index (χ4n) is 5.50. The summed E-state index contributed by atoms with van der Waals surface area (Å²) in [5.74, 6) is 0.661. The molecule has 2 heterocycles. The van der Waals surface area contributed by atoms with Crippen LogP contribution < -0.4 is 10.5 Å². The Balaban J connectivity index is 1.46. The van der Waals surface area contributed by atoms with E-state index in [1.54, 1.807) is 20.3 Å². The van der Waals surface area contributed by atoms with Gasteiger partial charge in [-0.3, -0.25) is 4.79 Å². The van der Waals surface area contributed by atoms with E-state index >= 15 is 0 Å². The molecule has 1 amide bonds. The van der Waals surface area contributed by atoms with Crippen LogP contribution in [0.4, 0.5) is 4.39 Å². The van der Waals surface area contributed by atoms with Gasteiger partial charge in [0.05, 0.1) is 19.3 Å². The Morgan fingerprint density at radius 1 is 1.05 bits per heavy atom. The van der Waals surface area contributed by atoms with Crippen LogP contribution in [0.1, 0.15) is 40.2 Å². The van der Waals surface area contributed by atoms with E-state index in [0.717, 1.165) is 33.3 Å². The molecule has 0 saturated carbocycles. The predicted molar refractivity (Wildman–Crippen MR) is 148 cm³/mol. The van der Waals surface area contributed by atoms with Crippen LogP contribution in [-0.2, 0) is 17.8 Å². The highest BCUT2D eigenvalue weighted by molar-refractivity contribution is 6.12. The molecule has 1 aliphatic heterocycles. The molecule has 0 unspecified atom stereocenters. The molecule has 5 rings (SSSR count). The van der Waals surface area contributed by atoms with Gasteiger partial charge >= 0.3 is 0 Å². The first-order valence-electron chi connectivity index (χ1n) is 13.1. The van der Waals surface area contributed by atoms with Gasteiger partial charge in [-0.1, -0.05) is 36.4 Å². The van der Waals surface area contributed by atoms with Gasteiger partial charge in [0.1, 0.15) is 11.6 Å². The van der Waals surface area contributed by atoms with Crippen molar-refractivity contribution in [3.63, 3.8) is 0 Å². The second-order valence-corrected chi connectivity index (χ2v) is 9.78. The van der Waals surface area contributed by atoms with E-state index in [0.29, 0.717) is 56.8 Å². The third-order valence-corrected chi connectivity index (χ3v) is 7.59. The van der Waals surface area contributed by atoms with Crippen LogP contribution >= 0.6 is 0 Å². The molecule has 1 saturated heterocycles. The van der Waals surface area contributed by atoms with Crippen molar-refractivity contribution in [3.8, 4) is 16.9 Å². The van der Waals surface area contributed by atoms with Gasteiger partial charge in [-0.2, -0.15) is 0 Å². The number of nitrogens with zero attached hydrogens (tertiary/aromatic N) is 2. The maximum atomic E-state index is 14.6. The SMILES string of the molecule is COCCn1cc(C(=O)N2CCC(c3cc(CN)ccc3F)CC2)c2c(-c3ccc(OC)cc3)cccc21. The molecule has 1 fully saturated rings. The summed E-state index contributed by atoms with van der Waals surface area (Å²) in [4.78, 5) is 15.9. The molecule has 4 aromatic rings. The zero-order valence-corrected chi connectivity index (χ0v) is 22.0. The number of carbonyl (C=O) groups is 1. The van der Waals surface area contributed by atoms with Gasteiger partial charge in [-0.25, -0.2) is 4.39 Å². The molecule has 6 nitrogen and oxygen atoms in total. The summed E-state index contributed by atoms with van der Waals surface area (Å²) in [7, 11) is 3.33. The normalized spacial score (nSPS) is 14.3. The third-order valence-electron chi connectivity index (χ3n) is 7.59. The summed E-state index contributed by atoms with van der Waals surface area (Å²) in [6, 6.07) is 19.1. The van der Waals surface area contributed by atoms with Gasteiger partial charge in [0.25, 0.3) is 5.91 Å². The molecule has 3 aromatic carbocycles. The van der Waals surface area contributed by atoms with Gasteiger partial charge in [-0.15, -0.1) is 0 Å². The Labute approximate surface area is 222 Å². The zero-order chi connectivity index (χ0) is 26.6. The number of carbonyl (C=O) groups excluding carboxylic acids is 1. The number of hydrogen-bond acceptors (Lipinski definition) is 4. The van der Waals surface area contributed by atoms with Crippen molar-refractivity contribution in [2.45, 2.75) is 31.8 Å². The van der Waals surface area contributed by atoms with E-state index in [-0.39, 0.29) is 17.6 Å². The molecule has 0 atom stereocenters. The summed E-state index contributed by atoms with van der Waals surface area (Å²) in [5, 5.41) is 0.933. The molecule has 0 spiro atoms. The summed E-state index contributed by atoms with van der Waals surface area (Å²) in [6.07, 6.45) is 3.38. The Morgan fingerprint density at radius 3 is 2.50 bits per heavy atom. The molecule has 198 valence electrons. The van der Waals surface area contributed by atoms with Crippen LogP contribution in [0.15, 0.2) is 66.9 Å². The number of piperidine rings is 1. The Kier molecular flexibility index (Phi) is 7.77. The topological polar surface area (TPSA) is 69.7 Å². The minimum absolute atomic E-state index is 0.00163. The highest BCUT2D eigenvalue weighted by atomic mass is 19.1. The van der Waals surface area contributed by atoms with Crippen molar-refractivity contribution in [3.05, 3.63) is 89.4 Å². The lowest BCUT2D eigenvalue weighted by atomic mass is 9.88. The largest absolute Gasteiger partial charge is 0.497 e. The second-order valence-electron chi connectivity index (χ2n) is 9.78. The molecule has 7 heteroatoms. The van der Waals surface area contributed by atoms with Gasteiger partial charge in [-0.05, 0) is 65.3 Å². The summed E-state index contributed by atoms with van der Waals surface area (Å²) < 4.78 is 27.4. The van der Waals surface area contributed by atoms with E-state index in [1.807, 2.05) is 53.6 Å². The number of amides is 1. The average molecular weight is 516 g/mol. The van der Waals surface area contributed by atoms with Crippen LogP contribution in [0.5, 0.6) is 5.75 Å². The van der Waals surface area contributed by atoms with Crippen molar-refractivity contribution in [2.24, 2.45) is 5.73 Å². The molecular formula is C31H34FN3O3. The van der Waals surface area contributed by atoms with Crippen molar-refractivity contribution in [1.82, 2.24) is 9.47 Å². The van der Waals surface area contributed by atoms with Crippen LogP contribution in [0.3, 0.4) is 0 Å². The van der Waals surface area contributed by atoms with Gasteiger partial charge in [0.15, 0.2) is 0 Å². The monoisotopic (exact) mass is 515 g/mol. The Morgan fingerprint density at radius 2 is 1.82 bits per heavy atom. The highest BCUT2D eigenvalue weighted by Crippen LogP contribution is 2.36. The molecule has 0 bridgehead atoms. The summed E-state index contributed by atoms with van der Waals surface area (Å²) in [6.45, 7) is 2.72. The number of benzene rings is 3. The van der Waals surface area contributed by atoms with Crippen LogP contribution in [0, 0.1) is 5.82 Å². The maximum Gasteiger partial charge on any atom is 0.256 e. The minimum Gasteiger partial charge on any atom is -0.497 e. The number of aromatic nitrogens is 1. The molecule has 1 aliphatic rings. The molecule has 0 radical (unpaired) electrons. The molecular weight excluding hydrogens is 481 g/mol. The third kappa shape index (κ3) is 5.04. The van der Waals surface area contributed by atoms with Crippen molar-refractivity contribution < 1.29 is 18.7 Å². The van der Waals surface area contributed by atoms with E-state index < -0.39 is 0 Å². The predicted octanol–water partition coefficient (Wildman–Crippen LogP) is 5.58. The molecule has 1 aromatic heterocycles. The maximum absolute atomic E-state index is 14.6.